The number of fused-ring (bicyclic) bond motifs is 1. The van der Waals surface area contributed by atoms with Crippen molar-refractivity contribution in [1.82, 2.24) is 9.38 Å². The average Bonchev–Trinajstić information content (AvgIpc) is 3.12. The molecule has 2 aromatic carbocycles. The Hall–Kier alpha value is -3.69. The molecule has 0 aliphatic heterocycles. The Kier molecular flexibility index (Phi) is 5.46. The summed E-state index contributed by atoms with van der Waals surface area (Å²) < 4.78 is 2.74. The fraction of sp³-hybridized carbons (Fsp3) is 0.0417. The third-order valence-electron chi connectivity index (χ3n) is 4.66. The summed E-state index contributed by atoms with van der Waals surface area (Å²) in [5.41, 5.74) is 4.70. The number of nitriles is 1. The first-order valence-corrected chi connectivity index (χ1v) is 10.1. The highest BCUT2D eigenvalue weighted by Crippen LogP contribution is 2.28. The number of aryl methyl sites for hydroxylation is 1. The van der Waals surface area contributed by atoms with Gasteiger partial charge in [-0.25, -0.2) is 4.98 Å². The first kappa shape index (κ1) is 19.6. The number of amides is 1. The summed E-state index contributed by atoms with van der Waals surface area (Å²) in [6.45, 7) is 1.98. The first-order chi connectivity index (χ1) is 14.6. The first-order valence-electron chi connectivity index (χ1n) is 9.28. The van der Waals surface area contributed by atoms with Crippen LogP contribution in [0.1, 0.15) is 11.3 Å². The molecule has 30 heavy (non-hydrogen) atoms. The molecule has 2 heterocycles. The number of carbonyl (C=O) groups is 1. The second-order valence-corrected chi connectivity index (χ2v) is 7.65. The molecule has 0 atom stereocenters. The monoisotopic (exact) mass is 456 g/mol. The topological polar surface area (TPSA) is 70.2 Å². The molecule has 0 aliphatic carbocycles. The van der Waals surface area contributed by atoms with E-state index in [1.807, 2.05) is 78.2 Å². The number of hydrogen-bond donors (Lipinski definition) is 1. The number of anilines is 1. The van der Waals surface area contributed by atoms with Gasteiger partial charge in [-0.15, -0.1) is 0 Å². The Morgan fingerprint density at radius 2 is 1.93 bits per heavy atom. The molecular weight excluding hydrogens is 440 g/mol. The van der Waals surface area contributed by atoms with Gasteiger partial charge in [0.2, 0.25) is 0 Å². The third kappa shape index (κ3) is 3.88. The van der Waals surface area contributed by atoms with E-state index in [1.54, 1.807) is 18.2 Å². The molecule has 0 bridgehead atoms. The van der Waals surface area contributed by atoms with Gasteiger partial charge in [-0.1, -0.05) is 58.4 Å². The number of halogens is 1. The maximum Gasteiger partial charge on any atom is 0.266 e. The number of aromatic nitrogens is 2. The molecule has 2 aromatic heterocycles. The molecule has 0 fully saturated rings. The second kappa shape index (κ2) is 8.36. The lowest BCUT2D eigenvalue weighted by Gasteiger charge is -2.06. The zero-order valence-electron chi connectivity index (χ0n) is 16.1. The van der Waals surface area contributed by atoms with Crippen LogP contribution in [0.4, 0.5) is 5.69 Å². The van der Waals surface area contributed by atoms with Crippen molar-refractivity contribution in [2.45, 2.75) is 6.92 Å². The number of nitrogens with zero attached hydrogens (tertiary/aromatic N) is 3. The predicted octanol–water partition coefficient (Wildman–Crippen LogP) is 5.62. The van der Waals surface area contributed by atoms with E-state index in [0.29, 0.717) is 17.1 Å². The van der Waals surface area contributed by atoms with Crippen LogP contribution in [0, 0.1) is 18.3 Å². The number of carbonyl (C=O) groups excluding carboxylic acids is 1. The van der Waals surface area contributed by atoms with Crippen molar-refractivity contribution >= 4 is 39.2 Å². The van der Waals surface area contributed by atoms with Crippen molar-refractivity contribution in [2.75, 3.05) is 5.32 Å². The van der Waals surface area contributed by atoms with E-state index in [-0.39, 0.29) is 5.57 Å². The summed E-state index contributed by atoms with van der Waals surface area (Å²) in [7, 11) is 0. The number of benzene rings is 2. The van der Waals surface area contributed by atoms with Crippen molar-refractivity contribution in [3.8, 4) is 17.3 Å². The molecule has 0 aliphatic rings. The summed E-state index contributed by atoms with van der Waals surface area (Å²) >= 11 is 3.38. The molecular formula is C24H17BrN4O. The lowest BCUT2D eigenvalue weighted by atomic mass is 10.1. The molecule has 4 aromatic rings. The quantitative estimate of drug-likeness (QED) is 0.320. The minimum absolute atomic E-state index is 0.00420. The lowest BCUT2D eigenvalue weighted by molar-refractivity contribution is -0.112. The van der Waals surface area contributed by atoms with Crippen LogP contribution >= 0.6 is 15.9 Å². The van der Waals surface area contributed by atoms with Crippen molar-refractivity contribution in [1.29, 1.82) is 5.26 Å². The van der Waals surface area contributed by atoms with Crippen LogP contribution in [0.5, 0.6) is 0 Å². The number of pyridine rings is 1. The zero-order chi connectivity index (χ0) is 21.1. The fourth-order valence-corrected chi connectivity index (χ4v) is 3.62. The molecule has 0 unspecified atom stereocenters. The highest BCUT2D eigenvalue weighted by molar-refractivity contribution is 9.10. The Bertz CT molecular complexity index is 1320. The number of hydrogen-bond acceptors (Lipinski definition) is 3. The average molecular weight is 457 g/mol. The van der Waals surface area contributed by atoms with Crippen LogP contribution < -0.4 is 5.32 Å². The Morgan fingerprint density at radius 3 is 2.67 bits per heavy atom. The van der Waals surface area contributed by atoms with Gasteiger partial charge in [-0.3, -0.25) is 9.20 Å². The van der Waals surface area contributed by atoms with Gasteiger partial charge >= 0.3 is 0 Å². The summed E-state index contributed by atoms with van der Waals surface area (Å²) in [6, 6.07) is 22.9. The number of imidazole rings is 1. The molecule has 1 N–H and O–H groups in total. The second-order valence-electron chi connectivity index (χ2n) is 6.73. The van der Waals surface area contributed by atoms with Gasteiger partial charge in [0.05, 0.1) is 11.4 Å². The standard InChI is InChI=1S/C24H17BrN4O/c1-16-7-6-12-29-21(22(28-23(16)29)17-8-3-2-4-9-17)13-18(15-26)24(30)27-20-11-5-10-19(25)14-20/h2-14H,1H3,(H,27,30). The molecule has 0 saturated carbocycles. The van der Waals surface area contributed by atoms with Crippen molar-refractivity contribution in [3.63, 3.8) is 0 Å². The largest absolute Gasteiger partial charge is 0.321 e. The maximum absolute atomic E-state index is 12.8. The fourth-order valence-electron chi connectivity index (χ4n) is 3.22. The van der Waals surface area contributed by atoms with E-state index in [2.05, 4.69) is 21.2 Å². The van der Waals surface area contributed by atoms with Crippen LogP contribution in [0.3, 0.4) is 0 Å². The normalized spacial score (nSPS) is 11.3. The summed E-state index contributed by atoms with van der Waals surface area (Å²) in [6.07, 6.45) is 3.48. The van der Waals surface area contributed by atoms with Gasteiger partial charge in [0.25, 0.3) is 5.91 Å². The molecule has 0 spiro atoms. The van der Waals surface area contributed by atoms with Gasteiger partial charge < -0.3 is 5.32 Å². The summed E-state index contributed by atoms with van der Waals surface area (Å²) in [4.78, 5) is 17.6. The molecule has 6 heteroatoms. The van der Waals surface area contributed by atoms with Gasteiger partial charge in [-0.05, 0) is 42.8 Å². The van der Waals surface area contributed by atoms with Crippen molar-refractivity contribution in [2.24, 2.45) is 0 Å². The smallest absolute Gasteiger partial charge is 0.266 e. The molecule has 0 saturated heterocycles. The number of rotatable bonds is 4. The van der Waals surface area contributed by atoms with Crippen LogP contribution in [0.2, 0.25) is 0 Å². The van der Waals surface area contributed by atoms with E-state index in [4.69, 9.17) is 4.98 Å². The third-order valence-corrected chi connectivity index (χ3v) is 5.15. The minimum Gasteiger partial charge on any atom is -0.321 e. The Labute approximate surface area is 182 Å². The van der Waals surface area contributed by atoms with Crippen LogP contribution in [-0.2, 0) is 4.79 Å². The van der Waals surface area contributed by atoms with E-state index >= 15 is 0 Å². The van der Waals surface area contributed by atoms with Gasteiger partial charge in [0, 0.05) is 21.9 Å². The van der Waals surface area contributed by atoms with E-state index in [9.17, 15) is 10.1 Å². The molecule has 5 nitrogen and oxygen atoms in total. The molecule has 1 amide bonds. The molecule has 4 rings (SSSR count). The zero-order valence-corrected chi connectivity index (χ0v) is 17.7. The predicted molar refractivity (Wildman–Crippen MR) is 122 cm³/mol. The van der Waals surface area contributed by atoms with Crippen molar-refractivity contribution in [3.05, 3.63) is 94.2 Å². The van der Waals surface area contributed by atoms with Gasteiger partial charge in [0.1, 0.15) is 17.3 Å². The Balaban J connectivity index is 1.83. The van der Waals surface area contributed by atoms with Crippen LogP contribution in [0.25, 0.3) is 23.0 Å². The van der Waals surface area contributed by atoms with E-state index in [1.165, 1.54) is 0 Å². The SMILES string of the molecule is Cc1cccn2c(C=C(C#N)C(=O)Nc3cccc(Br)c3)c(-c3ccccc3)nc12. The summed E-state index contributed by atoms with van der Waals surface area (Å²) in [5, 5.41) is 12.5. The lowest BCUT2D eigenvalue weighted by Crippen LogP contribution is -2.13. The van der Waals surface area contributed by atoms with E-state index < -0.39 is 5.91 Å². The summed E-state index contributed by atoms with van der Waals surface area (Å²) in [5.74, 6) is -0.475. The maximum atomic E-state index is 12.8. The molecule has 146 valence electrons. The van der Waals surface area contributed by atoms with Gasteiger partial charge in [-0.2, -0.15) is 5.26 Å². The molecule has 0 radical (unpaired) electrons. The highest BCUT2D eigenvalue weighted by atomic mass is 79.9. The highest BCUT2D eigenvalue weighted by Gasteiger charge is 2.17. The van der Waals surface area contributed by atoms with E-state index in [0.717, 1.165) is 21.2 Å². The number of nitrogens with one attached hydrogen (secondary N) is 1. The van der Waals surface area contributed by atoms with Gasteiger partial charge in [0.15, 0.2) is 0 Å². The Morgan fingerprint density at radius 1 is 1.13 bits per heavy atom. The minimum atomic E-state index is -0.475. The van der Waals surface area contributed by atoms with Crippen LogP contribution in [-0.4, -0.2) is 15.3 Å². The van der Waals surface area contributed by atoms with Crippen LogP contribution in [0.15, 0.2) is 83.0 Å². The van der Waals surface area contributed by atoms with Crippen molar-refractivity contribution < 1.29 is 4.79 Å².